The zero-order chi connectivity index (χ0) is 13.5. The molecular weight excluding hydrogens is 410 g/mol. The first-order valence-electron chi connectivity index (χ1n) is 2.10. The zero-order valence-electron chi connectivity index (χ0n) is 7.06. The number of hydrogen-bond donors (Lipinski definition) is 6. The van der Waals surface area contributed by atoms with Gasteiger partial charge in [-0.1, -0.05) is 0 Å². The van der Waals surface area contributed by atoms with Crippen molar-refractivity contribution >= 4 is 55.6 Å². The third kappa shape index (κ3) is 14200. The molecule has 0 heterocycles. The average molecular weight is 419 g/mol. The third-order valence-electron chi connectivity index (χ3n) is 0. The van der Waals surface area contributed by atoms with Gasteiger partial charge in [0.1, 0.15) is 0 Å². The van der Waals surface area contributed by atoms with Gasteiger partial charge in [-0.25, -0.2) is 0 Å². The summed E-state index contributed by atoms with van der Waals surface area (Å²) in [4.78, 5) is 0. The Morgan fingerprint density at radius 3 is 0.438 bits per heavy atom. The minimum absolute atomic E-state index is 0. The average Bonchev–Trinajstić information content (AvgIpc) is 1.41. The van der Waals surface area contributed by atoms with Crippen molar-refractivity contribution in [1.82, 2.24) is 0 Å². The second-order valence-corrected chi connectivity index (χ2v) is 4.03. The number of rotatable bonds is 0. The van der Waals surface area contributed by atoms with Crippen LogP contribution in [0.1, 0.15) is 0 Å². The van der Waals surface area contributed by atoms with Crippen LogP contribution in [-0.4, -0.2) is 77.0 Å². The Morgan fingerprint density at radius 2 is 0.438 bits per heavy atom. The van der Waals surface area contributed by atoms with Gasteiger partial charge in [0.25, 0.3) is 0 Å². The third-order valence-corrected chi connectivity index (χ3v) is 0. The molecule has 0 bridgehead atoms. The summed E-state index contributed by atoms with van der Waals surface area (Å²) in [5.74, 6) is 0. The summed E-state index contributed by atoms with van der Waals surface area (Å²) in [6.07, 6.45) is 0. The van der Waals surface area contributed by atoms with E-state index in [2.05, 4.69) is 0 Å². The standard InChI is InChI=1S/3H2O4S.Sb.3H/c3*1-5(2,3)4;;;;/h3*(H2,1,2,3,4);;;;. The molecule has 0 atom stereocenters. The van der Waals surface area contributed by atoms with Gasteiger partial charge in [0.2, 0.25) is 0 Å². The van der Waals surface area contributed by atoms with Crippen LogP contribution >= 0.6 is 0 Å². The van der Waals surface area contributed by atoms with Crippen molar-refractivity contribution in [3.63, 3.8) is 0 Å². The molecule has 0 saturated carbocycles. The van der Waals surface area contributed by atoms with E-state index in [4.69, 9.17) is 52.6 Å². The van der Waals surface area contributed by atoms with Crippen LogP contribution in [0.2, 0.25) is 0 Å². The van der Waals surface area contributed by atoms with E-state index >= 15 is 0 Å². The molecule has 0 fully saturated rings. The van der Waals surface area contributed by atoms with Crippen molar-refractivity contribution < 1.29 is 52.6 Å². The maximum atomic E-state index is 8.74. The van der Waals surface area contributed by atoms with Crippen LogP contribution in [-0.2, 0) is 31.2 Å². The van der Waals surface area contributed by atoms with Crippen molar-refractivity contribution in [2.24, 2.45) is 0 Å². The van der Waals surface area contributed by atoms with Crippen molar-refractivity contribution in [2.75, 3.05) is 0 Å². The van der Waals surface area contributed by atoms with Crippen molar-refractivity contribution in [3.8, 4) is 0 Å². The molecule has 0 aromatic heterocycles. The summed E-state index contributed by atoms with van der Waals surface area (Å²) < 4.78 is 94.8. The molecule has 16 heteroatoms. The Kier molecular flexibility index (Phi) is 15.0. The summed E-state index contributed by atoms with van der Waals surface area (Å²) in [5, 5.41) is 0. The zero-order valence-corrected chi connectivity index (χ0v) is 13.6. The van der Waals surface area contributed by atoms with Gasteiger partial charge in [0, 0.05) is 0 Å². The van der Waals surface area contributed by atoms with Gasteiger partial charge in [-0.15, -0.1) is 0 Å². The fourth-order valence-corrected chi connectivity index (χ4v) is 0. The molecule has 0 saturated heterocycles. The molecule has 16 heavy (non-hydrogen) atoms. The summed E-state index contributed by atoms with van der Waals surface area (Å²) in [5.41, 5.74) is 0. The molecule has 0 aliphatic carbocycles. The fraction of sp³-hybridized carbons (Fsp3) is 0. The van der Waals surface area contributed by atoms with Crippen LogP contribution in [0.25, 0.3) is 0 Å². The molecule has 0 spiro atoms. The van der Waals surface area contributed by atoms with Crippen LogP contribution in [0.5, 0.6) is 0 Å². The molecule has 0 aliphatic rings. The summed E-state index contributed by atoms with van der Waals surface area (Å²) >= 11 is 0. The van der Waals surface area contributed by atoms with Crippen LogP contribution in [0.3, 0.4) is 0 Å². The summed E-state index contributed by atoms with van der Waals surface area (Å²) in [6, 6.07) is 0. The van der Waals surface area contributed by atoms with E-state index in [1.165, 1.54) is 0 Å². The Labute approximate surface area is 108 Å². The molecule has 6 N–H and O–H groups in total. The Morgan fingerprint density at radius 1 is 0.438 bits per heavy atom. The predicted octanol–water partition coefficient (Wildman–Crippen LogP) is -3.14. The molecule has 0 amide bonds. The molecule has 0 rings (SSSR count). The van der Waals surface area contributed by atoms with Crippen molar-refractivity contribution in [1.29, 1.82) is 0 Å². The Bertz CT molecular complexity index is 337. The SMILES string of the molecule is O=S(=O)(O)O.O=S(=O)(O)O.O=S(=O)(O)O.[SbH3]. The monoisotopic (exact) mass is 418 g/mol. The van der Waals surface area contributed by atoms with E-state index in [-0.39, 0.29) is 24.4 Å². The molecule has 104 valence electrons. The summed E-state index contributed by atoms with van der Waals surface area (Å²) in [6.45, 7) is 0. The van der Waals surface area contributed by atoms with Gasteiger partial charge in [-0.05, 0) is 0 Å². The van der Waals surface area contributed by atoms with E-state index in [1.54, 1.807) is 0 Å². The predicted molar refractivity (Wildman–Crippen MR) is 52.5 cm³/mol. The first-order valence-corrected chi connectivity index (χ1v) is 6.29. The van der Waals surface area contributed by atoms with E-state index in [1.807, 2.05) is 0 Å². The fourth-order valence-electron chi connectivity index (χ4n) is 0. The molecule has 0 aromatic rings. The van der Waals surface area contributed by atoms with Crippen molar-refractivity contribution in [3.05, 3.63) is 0 Å². The normalized spacial score (nSPS) is 10.9. The maximum absolute atomic E-state index is 8.74. The van der Waals surface area contributed by atoms with Crippen LogP contribution < -0.4 is 0 Å². The second-order valence-electron chi connectivity index (χ2n) is 1.34. The molecule has 0 aliphatic heterocycles. The molecule has 0 radical (unpaired) electrons. The molecule has 0 unspecified atom stereocenters. The quantitative estimate of drug-likeness (QED) is 0.169. The minimum atomic E-state index is -4.67. The topological polar surface area (TPSA) is 224 Å². The summed E-state index contributed by atoms with van der Waals surface area (Å²) in [7, 11) is -14.0. The van der Waals surface area contributed by atoms with Crippen LogP contribution in [0.15, 0.2) is 0 Å². The number of hydrogen-bond acceptors (Lipinski definition) is 6. The molecular formula is H9O12S3Sb. The van der Waals surface area contributed by atoms with Crippen LogP contribution in [0.4, 0.5) is 0 Å². The van der Waals surface area contributed by atoms with Gasteiger partial charge < -0.3 is 0 Å². The molecule has 12 nitrogen and oxygen atoms in total. The van der Waals surface area contributed by atoms with Gasteiger partial charge in [-0.3, -0.25) is 27.3 Å². The van der Waals surface area contributed by atoms with E-state index in [0.717, 1.165) is 0 Å². The first kappa shape index (κ1) is 25.3. The van der Waals surface area contributed by atoms with Gasteiger partial charge in [0.15, 0.2) is 0 Å². The van der Waals surface area contributed by atoms with Gasteiger partial charge in [-0.2, -0.15) is 25.3 Å². The van der Waals surface area contributed by atoms with Gasteiger partial charge in [0.05, 0.1) is 0 Å². The Hall–Kier alpha value is 0.428. The van der Waals surface area contributed by atoms with E-state index in [0.29, 0.717) is 0 Å². The van der Waals surface area contributed by atoms with Crippen molar-refractivity contribution in [2.45, 2.75) is 0 Å². The van der Waals surface area contributed by atoms with Crippen LogP contribution in [0, 0.1) is 0 Å². The second kappa shape index (κ2) is 9.46. The van der Waals surface area contributed by atoms with E-state index in [9.17, 15) is 0 Å². The first-order chi connectivity index (χ1) is 6.00. The molecule has 0 aromatic carbocycles. The Balaban J connectivity index is -0.0000000655. The van der Waals surface area contributed by atoms with E-state index < -0.39 is 31.2 Å². The van der Waals surface area contributed by atoms with Gasteiger partial charge >= 0.3 is 55.6 Å².